The number of fused-ring (bicyclic) bond motifs is 1. The van der Waals surface area contributed by atoms with Crippen LogP contribution in [0.4, 0.5) is 0 Å². The minimum absolute atomic E-state index is 0.249. The number of halogens is 1. The van der Waals surface area contributed by atoms with E-state index in [1.54, 1.807) is 0 Å². The van der Waals surface area contributed by atoms with Crippen LogP contribution in [0.1, 0.15) is 46.7 Å². The summed E-state index contributed by atoms with van der Waals surface area (Å²) in [5, 5.41) is 0. The zero-order chi connectivity index (χ0) is 13.9. The monoisotopic (exact) mass is 328 g/mol. The second-order valence-corrected chi connectivity index (χ2v) is 6.34. The Balaban J connectivity index is 1.79. The van der Waals surface area contributed by atoms with Crippen LogP contribution in [0.2, 0.25) is 0 Å². The summed E-state index contributed by atoms with van der Waals surface area (Å²) in [5.41, 5.74) is 3.62. The van der Waals surface area contributed by atoms with Crippen LogP contribution in [-0.4, -0.2) is 5.78 Å². The van der Waals surface area contributed by atoms with Crippen LogP contribution in [0.25, 0.3) is 0 Å². The van der Waals surface area contributed by atoms with Crippen LogP contribution in [-0.2, 0) is 6.42 Å². The lowest BCUT2D eigenvalue weighted by Gasteiger charge is -2.25. The first-order valence-corrected chi connectivity index (χ1v) is 7.90. The average molecular weight is 329 g/mol. The third-order valence-electron chi connectivity index (χ3n) is 4.09. The molecule has 0 amide bonds. The molecular weight excluding hydrogens is 312 g/mol. The Morgan fingerprint density at radius 3 is 2.65 bits per heavy atom. The molecule has 0 aromatic heterocycles. The highest BCUT2D eigenvalue weighted by Crippen LogP contribution is 2.34. The molecule has 20 heavy (non-hydrogen) atoms. The van der Waals surface area contributed by atoms with E-state index in [1.807, 2.05) is 24.3 Å². The summed E-state index contributed by atoms with van der Waals surface area (Å²) in [6.45, 7) is 0. The highest BCUT2D eigenvalue weighted by atomic mass is 79.9. The van der Waals surface area contributed by atoms with Gasteiger partial charge < -0.3 is 0 Å². The van der Waals surface area contributed by atoms with E-state index in [0.29, 0.717) is 12.3 Å². The lowest BCUT2D eigenvalue weighted by molar-refractivity contribution is 0.0971. The molecule has 0 saturated carbocycles. The van der Waals surface area contributed by atoms with Crippen LogP contribution in [0.5, 0.6) is 0 Å². The summed E-state index contributed by atoms with van der Waals surface area (Å²) in [4.78, 5) is 12.4. The molecule has 102 valence electrons. The summed E-state index contributed by atoms with van der Waals surface area (Å²) in [7, 11) is 0. The fourth-order valence-corrected chi connectivity index (χ4v) is 3.31. The fraction of sp³-hybridized carbons (Fsp3) is 0.278. The normalized spacial score (nSPS) is 17.6. The number of hydrogen-bond donors (Lipinski definition) is 0. The molecule has 0 heterocycles. The number of hydrogen-bond acceptors (Lipinski definition) is 1. The minimum atomic E-state index is 0.249. The van der Waals surface area contributed by atoms with Gasteiger partial charge in [-0.15, -0.1) is 0 Å². The molecule has 0 N–H and O–H groups in total. The van der Waals surface area contributed by atoms with Crippen molar-refractivity contribution < 1.29 is 4.79 Å². The van der Waals surface area contributed by atoms with Crippen molar-refractivity contribution in [3.63, 3.8) is 0 Å². The Hall–Kier alpha value is -1.41. The first-order chi connectivity index (χ1) is 9.74. The lowest BCUT2D eigenvalue weighted by atomic mass is 9.79. The minimum Gasteiger partial charge on any atom is -0.294 e. The second-order valence-electron chi connectivity index (χ2n) is 5.42. The van der Waals surface area contributed by atoms with E-state index >= 15 is 0 Å². The third kappa shape index (κ3) is 2.85. The van der Waals surface area contributed by atoms with Crippen molar-refractivity contribution >= 4 is 21.7 Å². The summed E-state index contributed by atoms with van der Waals surface area (Å²) >= 11 is 3.40. The molecule has 3 rings (SSSR count). The van der Waals surface area contributed by atoms with Crippen LogP contribution >= 0.6 is 15.9 Å². The largest absolute Gasteiger partial charge is 0.294 e. The smallest absolute Gasteiger partial charge is 0.163 e. The molecule has 0 radical (unpaired) electrons. The molecule has 0 bridgehead atoms. The number of carbonyl (C=O) groups is 1. The molecule has 0 spiro atoms. The summed E-state index contributed by atoms with van der Waals surface area (Å²) in [6.07, 6.45) is 4.09. The maximum absolute atomic E-state index is 12.4. The zero-order valence-electron chi connectivity index (χ0n) is 11.3. The highest BCUT2D eigenvalue weighted by molar-refractivity contribution is 9.10. The maximum Gasteiger partial charge on any atom is 0.163 e. The molecule has 1 nitrogen and oxygen atoms in total. The zero-order valence-corrected chi connectivity index (χ0v) is 12.9. The van der Waals surface area contributed by atoms with E-state index in [4.69, 9.17) is 0 Å². The first kappa shape index (κ1) is 13.6. The van der Waals surface area contributed by atoms with Gasteiger partial charge in [-0.1, -0.05) is 52.3 Å². The van der Waals surface area contributed by atoms with Gasteiger partial charge in [0.25, 0.3) is 0 Å². The molecule has 0 fully saturated rings. The van der Waals surface area contributed by atoms with E-state index in [-0.39, 0.29) is 5.78 Å². The van der Waals surface area contributed by atoms with Gasteiger partial charge in [0.1, 0.15) is 0 Å². The molecule has 2 heteroatoms. The van der Waals surface area contributed by atoms with Crippen LogP contribution in [0.3, 0.4) is 0 Å². The van der Waals surface area contributed by atoms with Crippen LogP contribution in [0.15, 0.2) is 53.0 Å². The van der Waals surface area contributed by atoms with Gasteiger partial charge >= 0.3 is 0 Å². The van der Waals surface area contributed by atoms with Gasteiger partial charge in [-0.25, -0.2) is 0 Å². The summed E-state index contributed by atoms with van der Waals surface area (Å²) in [5.74, 6) is 0.635. The van der Waals surface area contributed by atoms with E-state index in [9.17, 15) is 4.79 Å². The van der Waals surface area contributed by atoms with Gasteiger partial charge in [-0.2, -0.15) is 0 Å². The van der Waals surface area contributed by atoms with Gasteiger partial charge in [-0.3, -0.25) is 4.79 Å². The van der Waals surface area contributed by atoms with Gasteiger partial charge in [-0.05, 0) is 48.4 Å². The number of rotatable bonds is 3. The van der Waals surface area contributed by atoms with Gasteiger partial charge in [0, 0.05) is 16.5 Å². The maximum atomic E-state index is 12.4. The van der Waals surface area contributed by atoms with Crippen molar-refractivity contribution in [1.82, 2.24) is 0 Å². The molecule has 1 unspecified atom stereocenters. The lowest BCUT2D eigenvalue weighted by Crippen LogP contribution is -2.14. The molecule has 0 aliphatic heterocycles. The molecule has 2 aromatic carbocycles. The van der Waals surface area contributed by atoms with E-state index < -0.39 is 0 Å². The van der Waals surface area contributed by atoms with Crippen molar-refractivity contribution in [2.24, 2.45) is 0 Å². The van der Waals surface area contributed by atoms with Crippen molar-refractivity contribution in [3.8, 4) is 0 Å². The highest BCUT2D eigenvalue weighted by Gasteiger charge is 2.22. The van der Waals surface area contributed by atoms with Gasteiger partial charge in [0.15, 0.2) is 5.78 Å². The Labute approximate surface area is 128 Å². The topological polar surface area (TPSA) is 17.1 Å². The van der Waals surface area contributed by atoms with Crippen LogP contribution in [0, 0.1) is 0 Å². The van der Waals surface area contributed by atoms with Crippen molar-refractivity contribution in [2.45, 2.75) is 31.6 Å². The molecule has 0 saturated heterocycles. The predicted molar refractivity (Wildman–Crippen MR) is 85.2 cm³/mol. The Kier molecular flexibility index (Phi) is 4.02. The molecule has 1 aliphatic carbocycles. The Morgan fingerprint density at radius 2 is 1.85 bits per heavy atom. The van der Waals surface area contributed by atoms with E-state index in [2.05, 4.69) is 40.2 Å². The van der Waals surface area contributed by atoms with Gasteiger partial charge in [0.05, 0.1) is 0 Å². The third-order valence-corrected chi connectivity index (χ3v) is 4.62. The van der Waals surface area contributed by atoms with Crippen molar-refractivity contribution in [3.05, 3.63) is 69.7 Å². The quantitative estimate of drug-likeness (QED) is 0.713. The second kappa shape index (κ2) is 5.92. The molecule has 1 atom stereocenters. The van der Waals surface area contributed by atoms with E-state index in [0.717, 1.165) is 22.9 Å². The SMILES string of the molecule is O=C(CC1CCCc2ccccc21)c1ccc(Br)cc1. The van der Waals surface area contributed by atoms with Crippen LogP contribution < -0.4 is 0 Å². The number of carbonyl (C=O) groups excluding carboxylic acids is 1. The number of ketones is 1. The van der Waals surface area contributed by atoms with Gasteiger partial charge in [0.2, 0.25) is 0 Å². The first-order valence-electron chi connectivity index (χ1n) is 7.10. The number of Topliss-reactive ketones (excluding diaryl/α,β-unsaturated/α-hetero) is 1. The predicted octanol–water partition coefficient (Wildman–Crippen LogP) is 5.14. The average Bonchev–Trinajstić information content (AvgIpc) is 2.48. The molecular formula is C18H17BrO. The van der Waals surface area contributed by atoms with Crippen molar-refractivity contribution in [2.75, 3.05) is 0 Å². The van der Waals surface area contributed by atoms with E-state index in [1.165, 1.54) is 17.5 Å². The summed E-state index contributed by atoms with van der Waals surface area (Å²) in [6, 6.07) is 16.2. The molecule has 1 aliphatic rings. The number of aryl methyl sites for hydroxylation is 1. The Bertz CT molecular complexity index is 616. The fourth-order valence-electron chi connectivity index (χ4n) is 3.04. The van der Waals surface area contributed by atoms with Crippen molar-refractivity contribution in [1.29, 1.82) is 0 Å². The summed E-state index contributed by atoms with van der Waals surface area (Å²) < 4.78 is 1.01. The standard InChI is InChI=1S/C18H17BrO/c19-16-10-8-14(9-11-16)18(20)12-15-6-3-5-13-4-1-2-7-17(13)15/h1-2,4,7-11,15H,3,5-6,12H2. The Morgan fingerprint density at radius 1 is 1.10 bits per heavy atom. The molecule has 2 aromatic rings. The number of benzene rings is 2.